The highest BCUT2D eigenvalue weighted by Crippen LogP contribution is 2.08. The number of aryl methyl sites for hydroxylation is 1. The second-order valence-electron chi connectivity index (χ2n) is 4.00. The largest absolute Gasteiger partial charge is 0.353 e. The van der Waals surface area contributed by atoms with Gasteiger partial charge in [-0.05, 0) is 43.9 Å². The Morgan fingerprint density at radius 2 is 2.24 bits per heavy atom. The maximum Gasteiger partial charge on any atom is 0.243 e. The quantitative estimate of drug-likeness (QED) is 0.800. The fourth-order valence-electron chi connectivity index (χ4n) is 1.68. The van der Waals surface area contributed by atoms with Gasteiger partial charge in [0, 0.05) is 12.2 Å². The average Bonchev–Trinajstić information content (AvgIpc) is 2.73. The molecule has 0 atom stereocenters. The maximum absolute atomic E-state index is 4.43. The fraction of sp³-hybridized carbons (Fsp3) is 0.500. The van der Waals surface area contributed by atoms with Crippen molar-refractivity contribution >= 4 is 23.4 Å². The smallest absolute Gasteiger partial charge is 0.243 e. The van der Waals surface area contributed by atoms with Gasteiger partial charge in [-0.15, -0.1) is 5.10 Å². The molecule has 0 aliphatic heterocycles. The minimum absolute atomic E-state index is 0.725. The second-order valence-corrected chi connectivity index (χ2v) is 4.98. The van der Waals surface area contributed by atoms with Crippen LogP contribution in [-0.4, -0.2) is 33.2 Å². The van der Waals surface area contributed by atoms with E-state index in [0.29, 0.717) is 0 Å². The lowest BCUT2D eigenvalue weighted by Gasteiger charge is -2.00. The van der Waals surface area contributed by atoms with E-state index < -0.39 is 0 Å². The Bertz CT molecular complexity index is 480. The third-order valence-corrected chi connectivity index (χ3v) is 3.30. The molecule has 92 valence electrons. The molecule has 4 nitrogen and oxygen atoms in total. The molecule has 2 aromatic heterocycles. The lowest BCUT2D eigenvalue weighted by molar-refractivity contribution is 0.830. The van der Waals surface area contributed by atoms with Gasteiger partial charge < -0.3 is 5.32 Å². The van der Waals surface area contributed by atoms with Crippen molar-refractivity contribution in [1.82, 2.24) is 14.6 Å². The number of nitrogens with one attached hydrogen (secondary N) is 1. The number of hydrogen-bond acceptors (Lipinski definition) is 4. The van der Waals surface area contributed by atoms with Crippen LogP contribution < -0.4 is 5.32 Å². The van der Waals surface area contributed by atoms with E-state index in [1.807, 2.05) is 41.4 Å². The molecule has 17 heavy (non-hydrogen) atoms. The molecule has 0 aliphatic rings. The van der Waals surface area contributed by atoms with E-state index in [9.17, 15) is 0 Å². The molecule has 0 radical (unpaired) electrons. The molecule has 0 aliphatic carbocycles. The molecule has 0 saturated heterocycles. The molecule has 0 bridgehead atoms. The van der Waals surface area contributed by atoms with Crippen LogP contribution >= 0.6 is 11.8 Å². The van der Waals surface area contributed by atoms with Crippen molar-refractivity contribution in [3.8, 4) is 0 Å². The Hall–Kier alpha value is -1.23. The zero-order chi connectivity index (χ0) is 12.1. The third kappa shape index (κ3) is 3.12. The summed E-state index contributed by atoms with van der Waals surface area (Å²) in [7, 11) is 0. The summed E-state index contributed by atoms with van der Waals surface area (Å²) in [6.45, 7) is 2.97. The summed E-state index contributed by atoms with van der Waals surface area (Å²) in [4.78, 5) is 4.43. The lowest BCUT2D eigenvalue weighted by atomic mass is 10.3. The van der Waals surface area contributed by atoms with Gasteiger partial charge in [0.05, 0.1) is 0 Å². The predicted octanol–water partition coefficient (Wildman–Crippen LogP) is 2.59. The molecule has 2 rings (SSSR count). The first kappa shape index (κ1) is 12.2. The highest BCUT2D eigenvalue weighted by Gasteiger charge is 2.03. The van der Waals surface area contributed by atoms with Crippen molar-refractivity contribution in [1.29, 1.82) is 0 Å². The maximum atomic E-state index is 4.43. The molecule has 0 unspecified atom stereocenters. The monoisotopic (exact) mass is 250 g/mol. The zero-order valence-corrected chi connectivity index (χ0v) is 11.1. The standard InChI is InChI=1S/C12H18N4S/c1-10-6-5-7-11-14-12(15-16(10)11)13-8-3-4-9-17-2/h5-7H,3-4,8-9H2,1-2H3,(H,13,15). The van der Waals surface area contributed by atoms with Gasteiger partial charge in [-0.2, -0.15) is 16.7 Å². The Balaban J connectivity index is 1.93. The third-order valence-electron chi connectivity index (χ3n) is 2.61. The van der Waals surface area contributed by atoms with E-state index in [1.54, 1.807) is 0 Å². The number of fused-ring (bicyclic) bond motifs is 1. The van der Waals surface area contributed by atoms with Crippen LogP contribution in [-0.2, 0) is 0 Å². The number of hydrogen-bond donors (Lipinski definition) is 1. The van der Waals surface area contributed by atoms with Crippen LogP contribution in [0.3, 0.4) is 0 Å². The topological polar surface area (TPSA) is 42.2 Å². The van der Waals surface area contributed by atoms with Crippen LogP contribution in [0.4, 0.5) is 5.95 Å². The van der Waals surface area contributed by atoms with Crippen molar-refractivity contribution < 1.29 is 0 Å². The summed E-state index contributed by atoms with van der Waals surface area (Å²) in [6, 6.07) is 6.00. The molecule has 2 aromatic rings. The predicted molar refractivity (Wildman–Crippen MR) is 73.8 cm³/mol. The van der Waals surface area contributed by atoms with E-state index in [1.165, 1.54) is 12.2 Å². The number of aromatic nitrogens is 3. The van der Waals surface area contributed by atoms with E-state index >= 15 is 0 Å². The first-order chi connectivity index (χ1) is 8.31. The minimum atomic E-state index is 0.725. The molecular formula is C12H18N4S. The highest BCUT2D eigenvalue weighted by atomic mass is 32.2. The van der Waals surface area contributed by atoms with Crippen LogP contribution in [0.15, 0.2) is 18.2 Å². The zero-order valence-electron chi connectivity index (χ0n) is 10.3. The number of pyridine rings is 1. The Kier molecular flexibility index (Phi) is 4.25. The van der Waals surface area contributed by atoms with Gasteiger partial charge in [0.15, 0.2) is 5.65 Å². The van der Waals surface area contributed by atoms with Gasteiger partial charge in [0.2, 0.25) is 5.95 Å². The van der Waals surface area contributed by atoms with Crippen molar-refractivity contribution in [3.63, 3.8) is 0 Å². The van der Waals surface area contributed by atoms with Gasteiger partial charge in [0.1, 0.15) is 0 Å². The highest BCUT2D eigenvalue weighted by molar-refractivity contribution is 7.98. The van der Waals surface area contributed by atoms with Crippen molar-refractivity contribution in [2.45, 2.75) is 19.8 Å². The molecule has 1 N–H and O–H groups in total. The molecule has 0 saturated carbocycles. The summed E-state index contributed by atoms with van der Waals surface area (Å²) >= 11 is 1.89. The molecule has 0 aromatic carbocycles. The summed E-state index contributed by atoms with van der Waals surface area (Å²) in [5.74, 6) is 1.95. The van der Waals surface area contributed by atoms with Crippen LogP contribution in [0.25, 0.3) is 5.65 Å². The average molecular weight is 250 g/mol. The van der Waals surface area contributed by atoms with Gasteiger partial charge in [-0.3, -0.25) is 0 Å². The number of anilines is 1. The molecule has 0 spiro atoms. The van der Waals surface area contributed by atoms with Gasteiger partial charge in [-0.25, -0.2) is 4.52 Å². The van der Waals surface area contributed by atoms with Crippen molar-refractivity contribution in [3.05, 3.63) is 23.9 Å². The van der Waals surface area contributed by atoms with Crippen LogP contribution in [0.2, 0.25) is 0 Å². The number of thioether (sulfide) groups is 1. The molecule has 2 heterocycles. The van der Waals surface area contributed by atoms with E-state index in [4.69, 9.17) is 0 Å². The SMILES string of the molecule is CSCCCCNc1nc2cccc(C)n2n1. The minimum Gasteiger partial charge on any atom is -0.353 e. The van der Waals surface area contributed by atoms with Crippen molar-refractivity contribution in [2.75, 3.05) is 23.9 Å². The van der Waals surface area contributed by atoms with Crippen molar-refractivity contribution in [2.24, 2.45) is 0 Å². The number of nitrogens with zero attached hydrogens (tertiary/aromatic N) is 3. The number of rotatable bonds is 6. The normalized spacial score (nSPS) is 10.9. The van der Waals surface area contributed by atoms with Gasteiger partial charge >= 0.3 is 0 Å². The molecule has 0 amide bonds. The first-order valence-electron chi connectivity index (χ1n) is 5.86. The summed E-state index contributed by atoms with van der Waals surface area (Å²) in [6.07, 6.45) is 4.54. The van der Waals surface area contributed by atoms with Gasteiger partial charge in [-0.1, -0.05) is 6.07 Å². The van der Waals surface area contributed by atoms with Gasteiger partial charge in [0.25, 0.3) is 0 Å². The fourth-order valence-corrected chi connectivity index (χ4v) is 2.17. The second kappa shape index (κ2) is 5.91. The van der Waals surface area contributed by atoms with E-state index in [2.05, 4.69) is 21.7 Å². The summed E-state index contributed by atoms with van der Waals surface area (Å²) in [5, 5.41) is 7.69. The Morgan fingerprint density at radius 3 is 3.00 bits per heavy atom. The first-order valence-corrected chi connectivity index (χ1v) is 7.26. The lowest BCUT2D eigenvalue weighted by Crippen LogP contribution is -2.03. The molecular weight excluding hydrogens is 232 g/mol. The molecule has 0 fully saturated rings. The van der Waals surface area contributed by atoms with Crippen LogP contribution in [0.5, 0.6) is 0 Å². The number of unbranched alkanes of at least 4 members (excludes halogenated alkanes) is 1. The van der Waals surface area contributed by atoms with Crippen LogP contribution in [0, 0.1) is 6.92 Å². The summed E-state index contributed by atoms with van der Waals surface area (Å²) < 4.78 is 1.87. The van der Waals surface area contributed by atoms with E-state index in [0.717, 1.165) is 30.3 Å². The van der Waals surface area contributed by atoms with Crippen LogP contribution in [0.1, 0.15) is 18.5 Å². The van der Waals surface area contributed by atoms with E-state index in [-0.39, 0.29) is 0 Å². The Morgan fingerprint density at radius 1 is 1.35 bits per heavy atom. The Labute approximate surface area is 106 Å². The molecule has 5 heteroatoms. The summed E-state index contributed by atoms with van der Waals surface area (Å²) in [5.41, 5.74) is 2.00.